The topological polar surface area (TPSA) is 76.1 Å². The first-order chi connectivity index (χ1) is 5.41. The van der Waals surface area contributed by atoms with Crippen molar-refractivity contribution in [3.8, 4) is 0 Å². The van der Waals surface area contributed by atoms with E-state index >= 15 is 0 Å². The summed E-state index contributed by atoms with van der Waals surface area (Å²) in [4.78, 5) is 0. The molecule has 0 aromatic heterocycles. The molecule has 0 aromatic rings. The molecule has 0 fully saturated rings. The summed E-state index contributed by atoms with van der Waals surface area (Å²) in [7, 11) is 0. The molecule has 0 aliphatic rings. The van der Waals surface area contributed by atoms with Gasteiger partial charge < -0.3 is 22.1 Å². The molecule has 4 nitrogen and oxygen atoms in total. The van der Waals surface area contributed by atoms with Gasteiger partial charge in [-0.25, -0.2) is 0 Å². The Morgan fingerprint density at radius 2 is 1.18 bits per heavy atom. The molecule has 4 heteroatoms. The third-order valence-electron chi connectivity index (χ3n) is 1.50. The van der Waals surface area contributed by atoms with Gasteiger partial charge in [-0.2, -0.15) is 0 Å². The molecular formula is C7H20N4. The Labute approximate surface area is 68.7 Å². The van der Waals surface area contributed by atoms with Gasteiger partial charge in [0, 0.05) is 13.3 Å². The summed E-state index contributed by atoms with van der Waals surface area (Å²) >= 11 is 0. The number of nitrogens with two attached hydrogens (primary N) is 2. The van der Waals surface area contributed by atoms with Gasteiger partial charge in [0.2, 0.25) is 0 Å². The Kier molecular flexibility index (Phi) is 9.70. The summed E-state index contributed by atoms with van der Waals surface area (Å²) in [5, 5.41) is 6.14. The maximum atomic E-state index is 5.25. The molecule has 68 valence electrons. The highest BCUT2D eigenvalue weighted by molar-refractivity contribution is 4.48. The summed E-state index contributed by atoms with van der Waals surface area (Å²) in [5.74, 6) is 0. The molecule has 0 saturated heterocycles. The van der Waals surface area contributed by atoms with Crippen LogP contribution in [0.1, 0.15) is 19.3 Å². The second kappa shape index (κ2) is 9.84. The van der Waals surface area contributed by atoms with Crippen LogP contribution in [0.5, 0.6) is 0 Å². The van der Waals surface area contributed by atoms with E-state index in [1.807, 2.05) is 0 Å². The van der Waals surface area contributed by atoms with E-state index in [4.69, 9.17) is 11.5 Å². The van der Waals surface area contributed by atoms with Crippen LogP contribution in [0.3, 0.4) is 0 Å². The van der Waals surface area contributed by atoms with E-state index in [0.717, 1.165) is 13.1 Å². The lowest BCUT2D eigenvalue weighted by Crippen LogP contribution is -2.24. The van der Waals surface area contributed by atoms with Crippen LogP contribution in [0, 0.1) is 0 Å². The fraction of sp³-hybridized carbons (Fsp3) is 1.00. The molecule has 0 amide bonds. The van der Waals surface area contributed by atoms with E-state index < -0.39 is 0 Å². The number of rotatable bonds is 8. The van der Waals surface area contributed by atoms with E-state index in [1.54, 1.807) is 0 Å². The molecule has 0 rings (SSSR count). The Bertz CT molecular complexity index is 59.5. The Hall–Kier alpha value is -0.160. The van der Waals surface area contributed by atoms with Crippen molar-refractivity contribution >= 4 is 0 Å². The van der Waals surface area contributed by atoms with Gasteiger partial charge in [-0.15, -0.1) is 0 Å². The number of hydrogen-bond acceptors (Lipinski definition) is 4. The SMILES string of the molecule is NCNCCCCCNCN. The van der Waals surface area contributed by atoms with Crippen molar-refractivity contribution < 1.29 is 0 Å². The monoisotopic (exact) mass is 160 g/mol. The second-order valence-corrected chi connectivity index (χ2v) is 2.47. The van der Waals surface area contributed by atoms with Crippen molar-refractivity contribution in [3.05, 3.63) is 0 Å². The number of hydrogen-bond donors (Lipinski definition) is 4. The Morgan fingerprint density at radius 3 is 1.55 bits per heavy atom. The second-order valence-electron chi connectivity index (χ2n) is 2.47. The lowest BCUT2D eigenvalue weighted by atomic mass is 10.2. The fourth-order valence-corrected chi connectivity index (χ4v) is 0.881. The molecule has 0 unspecified atom stereocenters. The maximum Gasteiger partial charge on any atom is 0.0428 e. The van der Waals surface area contributed by atoms with Crippen molar-refractivity contribution in [2.75, 3.05) is 26.4 Å². The molecular weight excluding hydrogens is 140 g/mol. The Morgan fingerprint density at radius 1 is 0.727 bits per heavy atom. The lowest BCUT2D eigenvalue weighted by molar-refractivity contribution is 0.581. The van der Waals surface area contributed by atoms with E-state index in [9.17, 15) is 0 Å². The van der Waals surface area contributed by atoms with Crippen LogP contribution < -0.4 is 22.1 Å². The van der Waals surface area contributed by atoms with Crippen LogP contribution in [-0.4, -0.2) is 26.4 Å². The zero-order valence-electron chi connectivity index (χ0n) is 7.10. The molecule has 0 radical (unpaired) electrons. The summed E-state index contributed by atoms with van der Waals surface area (Å²) < 4.78 is 0. The standard InChI is InChI=1S/C7H20N4/c8-6-10-4-2-1-3-5-11-7-9/h10-11H,1-9H2. The quantitative estimate of drug-likeness (QED) is 0.276. The van der Waals surface area contributed by atoms with Crippen LogP contribution in [0.15, 0.2) is 0 Å². The van der Waals surface area contributed by atoms with Crippen molar-refractivity contribution in [2.24, 2.45) is 11.5 Å². The first-order valence-electron chi connectivity index (χ1n) is 4.23. The van der Waals surface area contributed by atoms with Crippen LogP contribution in [-0.2, 0) is 0 Å². The minimum atomic E-state index is 0.584. The van der Waals surface area contributed by atoms with Crippen LogP contribution in [0.25, 0.3) is 0 Å². The molecule has 0 aliphatic heterocycles. The van der Waals surface area contributed by atoms with Gasteiger partial charge >= 0.3 is 0 Å². The highest BCUT2D eigenvalue weighted by atomic mass is 15.0. The molecule has 0 heterocycles. The van der Waals surface area contributed by atoms with Crippen molar-refractivity contribution in [1.82, 2.24) is 10.6 Å². The van der Waals surface area contributed by atoms with E-state index in [2.05, 4.69) is 10.6 Å². The van der Waals surface area contributed by atoms with Gasteiger partial charge in [-0.05, 0) is 25.9 Å². The highest BCUT2D eigenvalue weighted by Crippen LogP contribution is 1.91. The van der Waals surface area contributed by atoms with Gasteiger partial charge in [0.15, 0.2) is 0 Å². The van der Waals surface area contributed by atoms with Gasteiger partial charge in [0.05, 0.1) is 0 Å². The zero-order valence-corrected chi connectivity index (χ0v) is 7.10. The van der Waals surface area contributed by atoms with E-state index in [1.165, 1.54) is 19.3 Å². The molecule has 0 bridgehead atoms. The molecule has 6 N–H and O–H groups in total. The normalized spacial score (nSPS) is 10.4. The number of nitrogens with one attached hydrogen (secondary N) is 2. The van der Waals surface area contributed by atoms with E-state index in [-0.39, 0.29) is 0 Å². The van der Waals surface area contributed by atoms with Gasteiger partial charge in [0.25, 0.3) is 0 Å². The third-order valence-corrected chi connectivity index (χ3v) is 1.50. The number of unbranched alkanes of at least 4 members (excludes halogenated alkanes) is 2. The minimum Gasteiger partial charge on any atom is -0.318 e. The summed E-state index contributed by atoms with van der Waals surface area (Å²) in [6.07, 6.45) is 3.63. The van der Waals surface area contributed by atoms with Crippen LogP contribution >= 0.6 is 0 Å². The molecule has 11 heavy (non-hydrogen) atoms. The lowest BCUT2D eigenvalue weighted by Gasteiger charge is -2.02. The van der Waals surface area contributed by atoms with Gasteiger partial charge in [0.1, 0.15) is 0 Å². The largest absolute Gasteiger partial charge is 0.318 e. The van der Waals surface area contributed by atoms with Crippen LogP contribution in [0.2, 0.25) is 0 Å². The summed E-state index contributed by atoms with van der Waals surface area (Å²) in [5.41, 5.74) is 10.5. The maximum absolute atomic E-state index is 5.25. The van der Waals surface area contributed by atoms with Gasteiger partial charge in [-0.1, -0.05) is 6.42 Å². The predicted octanol–water partition coefficient (Wildman–Crippen LogP) is -0.832. The van der Waals surface area contributed by atoms with Crippen molar-refractivity contribution in [3.63, 3.8) is 0 Å². The van der Waals surface area contributed by atoms with E-state index in [0.29, 0.717) is 13.3 Å². The molecule has 0 atom stereocenters. The van der Waals surface area contributed by atoms with Crippen molar-refractivity contribution in [1.29, 1.82) is 0 Å². The third kappa shape index (κ3) is 9.84. The minimum absolute atomic E-state index is 0.584. The van der Waals surface area contributed by atoms with Gasteiger partial charge in [-0.3, -0.25) is 0 Å². The molecule has 0 spiro atoms. The average Bonchev–Trinajstić information content (AvgIpc) is 2.03. The fourth-order valence-electron chi connectivity index (χ4n) is 0.881. The van der Waals surface area contributed by atoms with Crippen LogP contribution in [0.4, 0.5) is 0 Å². The predicted molar refractivity (Wildman–Crippen MR) is 48.0 cm³/mol. The average molecular weight is 160 g/mol. The van der Waals surface area contributed by atoms with Crippen molar-refractivity contribution in [2.45, 2.75) is 19.3 Å². The summed E-state index contributed by atoms with van der Waals surface area (Å²) in [6, 6.07) is 0. The smallest absolute Gasteiger partial charge is 0.0428 e. The first kappa shape index (κ1) is 10.8. The Balaban J connectivity index is 2.69. The zero-order chi connectivity index (χ0) is 8.36. The molecule has 0 saturated carbocycles. The first-order valence-corrected chi connectivity index (χ1v) is 4.23. The molecule has 0 aliphatic carbocycles. The molecule has 0 aromatic carbocycles. The summed E-state index contributed by atoms with van der Waals surface area (Å²) in [6.45, 7) is 3.22. The highest BCUT2D eigenvalue weighted by Gasteiger charge is 1.87.